The van der Waals surface area contributed by atoms with Crippen LogP contribution in [0.15, 0.2) is 24.3 Å². The number of benzene rings is 1. The number of carbonyl (C=O) groups excluding carboxylic acids is 2. The van der Waals surface area contributed by atoms with Crippen molar-refractivity contribution in [1.29, 1.82) is 0 Å². The van der Waals surface area contributed by atoms with Gasteiger partial charge in [0.2, 0.25) is 5.91 Å². The summed E-state index contributed by atoms with van der Waals surface area (Å²) in [6.45, 7) is 1.51. The lowest BCUT2D eigenvalue weighted by Crippen LogP contribution is -2.14. The fraction of sp³-hybridized carbons (Fsp3) is 0.273. The standard InChI is InChI=1S/C11H11NO2/c1-7(13)6-9-8-4-2-3-5-10(8)12-11(9)14/h2-5,9H,6H2,1H3,(H,12,14). The van der Waals surface area contributed by atoms with E-state index in [4.69, 9.17) is 0 Å². The maximum absolute atomic E-state index is 11.5. The van der Waals surface area contributed by atoms with Crippen LogP contribution in [0.4, 0.5) is 5.69 Å². The van der Waals surface area contributed by atoms with Crippen LogP contribution in [0.5, 0.6) is 0 Å². The number of hydrogen-bond acceptors (Lipinski definition) is 2. The monoisotopic (exact) mass is 189 g/mol. The molecule has 1 heterocycles. The minimum absolute atomic E-state index is 0.0434. The second kappa shape index (κ2) is 3.25. The molecule has 1 aromatic rings. The maximum Gasteiger partial charge on any atom is 0.232 e. The van der Waals surface area contributed by atoms with Crippen LogP contribution in [-0.4, -0.2) is 11.7 Å². The van der Waals surface area contributed by atoms with Gasteiger partial charge >= 0.3 is 0 Å². The third-order valence-electron chi connectivity index (χ3n) is 2.40. The minimum Gasteiger partial charge on any atom is -0.325 e. The number of amides is 1. The first-order valence-electron chi connectivity index (χ1n) is 4.57. The van der Waals surface area contributed by atoms with Gasteiger partial charge in [-0.3, -0.25) is 9.59 Å². The molecule has 0 aromatic heterocycles. The maximum atomic E-state index is 11.5. The third kappa shape index (κ3) is 1.41. The van der Waals surface area contributed by atoms with Crippen molar-refractivity contribution in [2.24, 2.45) is 0 Å². The zero-order valence-corrected chi connectivity index (χ0v) is 7.91. The van der Waals surface area contributed by atoms with Crippen LogP contribution in [-0.2, 0) is 9.59 Å². The molecule has 1 aliphatic rings. The molecule has 0 radical (unpaired) electrons. The van der Waals surface area contributed by atoms with Gasteiger partial charge in [-0.15, -0.1) is 0 Å². The molecule has 1 amide bonds. The molecular formula is C11H11NO2. The second-order valence-electron chi connectivity index (χ2n) is 3.54. The molecule has 0 spiro atoms. The van der Waals surface area contributed by atoms with E-state index in [0.29, 0.717) is 6.42 Å². The molecule has 1 aromatic carbocycles. The molecular weight excluding hydrogens is 178 g/mol. The van der Waals surface area contributed by atoms with Crippen LogP contribution >= 0.6 is 0 Å². The Morgan fingerprint density at radius 2 is 2.14 bits per heavy atom. The first kappa shape index (κ1) is 8.94. The molecule has 1 N–H and O–H groups in total. The van der Waals surface area contributed by atoms with Crippen LogP contribution < -0.4 is 5.32 Å². The predicted octanol–water partition coefficient (Wildman–Crippen LogP) is 1.70. The normalized spacial score (nSPS) is 18.9. The first-order chi connectivity index (χ1) is 6.68. The number of carbonyl (C=O) groups is 2. The van der Waals surface area contributed by atoms with E-state index < -0.39 is 0 Å². The summed E-state index contributed by atoms with van der Waals surface area (Å²) in [6.07, 6.45) is 0.294. The molecule has 14 heavy (non-hydrogen) atoms. The van der Waals surface area contributed by atoms with Gasteiger partial charge in [-0.05, 0) is 18.6 Å². The van der Waals surface area contributed by atoms with Crippen molar-refractivity contribution >= 4 is 17.4 Å². The first-order valence-corrected chi connectivity index (χ1v) is 4.57. The average Bonchev–Trinajstić information content (AvgIpc) is 2.43. The van der Waals surface area contributed by atoms with Gasteiger partial charge in [-0.2, -0.15) is 0 Å². The smallest absolute Gasteiger partial charge is 0.232 e. The van der Waals surface area contributed by atoms with Crippen molar-refractivity contribution in [2.75, 3.05) is 5.32 Å². The molecule has 72 valence electrons. The highest BCUT2D eigenvalue weighted by Gasteiger charge is 2.30. The molecule has 3 heteroatoms. The second-order valence-corrected chi connectivity index (χ2v) is 3.54. The lowest BCUT2D eigenvalue weighted by atomic mass is 9.96. The molecule has 0 fully saturated rings. The van der Waals surface area contributed by atoms with Crippen molar-refractivity contribution in [2.45, 2.75) is 19.3 Å². The van der Waals surface area contributed by atoms with E-state index in [2.05, 4.69) is 5.32 Å². The van der Waals surface area contributed by atoms with Gasteiger partial charge in [0.05, 0.1) is 5.92 Å². The lowest BCUT2D eigenvalue weighted by molar-refractivity contribution is -0.122. The topological polar surface area (TPSA) is 46.2 Å². The van der Waals surface area contributed by atoms with Gasteiger partial charge in [-0.1, -0.05) is 18.2 Å². The van der Waals surface area contributed by atoms with Crippen molar-refractivity contribution < 1.29 is 9.59 Å². The summed E-state index contributed by atoms with van der Waals surface area (Å²) < 4.78 is 0. The Bertz CT molecular complexity index is 398. The summed E-state index contributed by atoms with van der Waals surface area (Å²) in [5, 5.41) is 2.76. The van der Waals surface area contributed by atoms with E-state index in [-0.39, 0.29) is 17.6 Å². The van der Waals surface area contributed by atoms with Crippen molar-refractivity contribution in [1.82, 2.24) is 0 Å². The summed E-state index contributed by atoms with van der Waals surface area (Å²) in [6, 6.07) is 7.50. The quantitative estimate of drug-likeness (QED) is 0.769. The predicted molar refractivity (Wildman–Crippen MR) is 53.1 cm³/mol. The molecule has 1 atom stereocenters. The fourth-order valence-electron chi connectivity index (χ4n) is 1.77. The van der Waals surface area contributed by atoms with Gasteiger partial charge < -0.3 is 5.32 Å². The van der Waals surface area contributed by atoms with Crippen molar-refractivity contribution in [3.05, 3.63) is 29.8 Å². The molecule has 2 rings (SSSR count). The zero-order chi connectivity index (χ0) is 10.1. The number of para-hydroxylation sites is 1. The van der Waals surface area contributed by atoms with Crippen LogP contribution in [0.3, 0.4) is 0 Å². The highest BCUT2D eigenvalue weighted by atomic mass is 16.2. The minimum atomic E-state index is -0.288. The molecule has 0 saturated heterocycles. The number of hydrogen-bond donors (Lipinski definition) is 1. The number of nitrogens with one attached hydrogen (secondary N) is 1. The van der Waals surface area contributed by atoms with Gasteiger partial charge in [0.15, 0.2) is 0 Å². The highest BCUT2D eigenvalue weighted by Crippen LogP contribution is 2.34. The number of Topliss-reactive ketones (excluding diaryl/α,β-unsaturated/α-hetero) is 1. The average molecular weight is 189 g/mol. The Labute approximate surface area is 82.1 Å². The SMILES string of the molecule is CC(=O)CC1C(=O)Nc2ccccc21. The van der Waals surface area contributed by atoms with E-state index >= 15 is 0 Å². The van der Waals surface area contributed by atoms with Crippen molar-refractivity contribution in [3.63, 3.8) is 0 Å². The molecule has 0 aliphatic carbocycles. The van der Waals surface area contributed by atoms with E-state index in [0.717, 1.165) is 11.3 Å². The van der Waals surface area contributed by atoms with E-state index in [1.807, 2.05) is 24.3 Å². The molecule has 0 saturated carbocycles. The van der Waals surface area contributed by atoms with Crippen LogP contribution in [0.2, 0.25) is 0 Å². The molecule has 1 aliphatic heterocycles. The number of fused-ring (bicyclic) bond motifs is 1. The van der Waals surface area contributed by atoms with Crippen LogP contribution in [0.1, 0.15) is 24.8 Å². The number of anilines is 1. The summed E-state index contributed by atoms with van der Waals surface area (Å²) in [5.41, 5.74) is 1.77. The Kier molecular flexibility index (Phi) is 2.08. The zero-order valence-electron chi connectivity index (χ0n) is 7.91. The van der Waals surface area contributed by atoms with E-state index in [1.165, 1.54) is 6.92 Å². The Morgan fingerprint density at radius 1 is 1.43 bits per heavy atom. The van der Waals surface area contributed by atoms with E-state index in [1.54, 1.807) is 0 Å². The Balaban J connectivity index is 2.34. The van der Waals surface area contributed by atoms with Crippen LogP contribution in [0, 0.1) is 0 Å². The van der Waals surface area contributed by atoms with Gasteiger partial charge in [0.25, 0.3) is 0 Å². The van der Waals surface area contributed by atoms with Crippen LogP contribution in [0.25, 0.3) is 0 Å². The summed E-state index contributed by atoms with van der Waals surface area (Å²) in [7, 11) is 0. The van der Waals surface area contributed by atoms with E-state index in [9.17, 15) is 9.59 Å². The third-order valence-corrected chi connectivity index (χ3v) is 2.40. The molecule has 0 bridgehead atoms. The number of rotatable bonds is 2. The Hall–Kier alpha value is -1.64. The molecule has 1 unspecified atom stereocenters. The molecule has 3 nitrogen and oxygen atoms in total. The summed E-state index contributed by atoms with van der Waals surface area (Å²) in [4.78, 5) is 22.5. The highest BCUT2D eigenvalue weighted by molar-refractivity contribution is 6.04. The fourth-order valence-corrected chi connectivity index (χ4v) is 1.77. The number of ketones is 1. The van der Waals surface area contributed by atoms with Gasteiger partial charge in [0.1, 0.15) is 5.78 Å². The summed E-state index contributed by atoms with van der Waals surface area (Å²) >= 11 is 0. The van der Waals surface area contributed by atoms with Crippen molar-refractivity contribution in [3.8, 4) is 0 Å². The van der Waals surface area contributed by atoms with Gasteiger partial charge in [-0.25, -0.2) is 0 Å². The summed E-state index contributed by atoms with van der Waals surface area (Å²) in [5.74, 6) is -0.313. The largest absolute Gasteiger partial charge is 0.325 e. The van der Waals surface area contributed by atoms with Gasteiger partial charge in [0, 0.05) is 12.1 Å². The lowest BCUT2D eigenvalue weighted by Gasteiger charge is -2.04. The Morgan fingerprint density at radius 3 is 2.86 bits per heavy atom.